The van der Waals surface area contributed by atoms with E-state index < -0.39 is 16.1 Å². The monoisotopic (exact) mass is 494 g/mol. The Balaban J connectivity index is 1.18. The van der Waals surface area contributed by atoms with Crippen molar-refractivity contribution in [1.29, 1.82) is 0 Å². The zero-order chi connectivity index (χ0) is 24.4. The van der Waals surface area contributed by atoms with Gasteiger partial charge in [-0.3, -0.25) is 9.10 Å². The molecule has 6 nitrogen and oxygen atoms in total. The van der Waals surface area contributed by atoms with Crippen molar-refractivity contribution in [3.8, 4) is 5.75 Å². The maximum atomic E-state index is 13.2. The molecule has 5 aliphatic rings. The summed E-state index contributed by atoms with van der Waals surface area (Å²) in [7, 11) is -3.49. The second-order valence-electron chi connectivity index (χ2n) is 11.5. The Morgan fingerprint density at radius 3 is 2.23 bits per heavy atom. The molecule has 1 heterocycles. The minimum absolute atomic E-state index is 0.193. The Labute approximate surface area is 208 Å². The molecule has 186 valence electrons. The number of aryl methyl sites for hydroxylation is 1. The third kappa shape index (κ3) is 4.22. The molecule has 4 saturated carbocycles. The highest BCUT2D eigenvalue weighted by Crippen LogP contribution is 2.60. The Kier molecular flexibility index (Phi) is 5.40. The van der Waals surface area contributed by atoms with Crippen LogP contribution in [0.1, 0.15) is 56.1 Å². The molecule has 4 aliphatic carbocycles. The summed E-state index contributed by atoms with van der Waals surface area (Å²) < 4.78 is 32.2. The lowest BCUT2D eigenvalue weighted by Crippen LogP contribution is -2.48. The summed E-state index contributed by atoms with van der Waals surface area (Å²) in [5.74, 6) is 2.84. The predicted molar refractivity (Wildman–Crippen MR) is 137 cm³/mol. The van der Waals surface area contributed by atoms with E-state index in [0.717, 1.165) is 29.0 Å². The van der Waals surface area contributed by atoms with Crippen molar-refractivity contribution in [2.45, 2.75) is 63.4 Å². The van der Waals surface area contributed by atoms with Crippen LogP contribution in [0.2, 0.25) is 0 Å². The van der Waals surface area contributed by atoms with Crippen LogP contribution in [-0.4, -0.2) is 33.2 Å². The number of fused-ring (bicyclic) bond motifs is 1. The molecule has 0 unspecified atom stereocenters. The van der Waals surface area contributed by atoms with E-state index in [1.165, 1.54) is 54.6 Å². The lowest BCUT2D eigenvalue weighted by atomic mass is 9.48. The summed E-state index contributed by atoms with van der Waals surface area (Å²) in [5, 5.41) is 3.00. The average Bonchev–Trinajstić information content (AvgIpc) is 2.98. The smallest absolute Gasteiger partial charge is 0.265 e. The van der Waals surface area contributed by atoms with Gasteiger partial charge in [0, 0.05) is 18.7 Å². The fourth-order valence-corrected chi connectivity index (χ4v) is 8.55. The number of anilines is 2. The first-order chi connectivity index (χ1) is 16.7. The normalized spacial score (nSPS) is 31.4. The zero-order valence-corrected chi connectivity index (χ0v) is 21.3. The molecule has 4 fully saturated rings. The molecule has 7 heteroatoms. The lowest BCUT2D eigenvalue weighted by molar-refractivity contribution is -0.122. The number of nitrogens with zero attached hydrogens (tertiary/aromatic N) is 1. The first-order valence-electron chi connectivity index (χ1n) is 12.8. The number of rotatable bonds is 4. The second kappa shape index (κ2) is 8.26. The van der Waals surface area contributed by atoms with Crippen molar-refractivity contribution >= 4 is 27.3 Å². The standard InChI is InChI=1S/C28H34N2O4S/c1-18-3-8-25-24(11-18)30(35(2,32)33)10-9-26(34-25)27(31)29-23-6-4-22(5-7-23)28-15-19-12-20(16-28)14-21(13-19)17-28/h3-8,11,19-21,26H,9-10,12-17H2,1-2H3,(H,29,31)/t19?,20?,21?,26-,28?/m1/s1. The van der Waals surface area contributed by atoms with Gasteiger partial charge in [0.05, 0.1) is 11.9 Å². The molecule has 0 radical (unpaired) electrons. The van der Waals surface area contributed by atoms with Crippen molar-refractivity contribution < 1.29 is 17.9 Å². The van der Waals surface area contributed by atoms with Gasteiger partial charge in [-0.1, -0.05) is 18.2 Å². The number of hydrogen-bond donors (Lipinski definition) is 1. The number of amides is 1. The van der Waals surface area contributed by atoms with Gasteiger partial charge in [-0.15, -0.1) is 0 Å². The molecule has 35 heavy (non-hydrogen) atoms. The number of carbonyl (C=O) groups is 1. The summed E-state index contributed by atoms with van der Waals surface area (Å²) in [6.45, 7) is 2.10. The van der Waals surface area contributed by atoms with E-state index in [4.69, 9.17) is 4.74 Å². The fourth-order valence-electron chi connectivity index (χ4n) is 7.61. The molecule has 0 saturated heterocycles. The van der Waals surface area contributed by atoms with Gasteiger partial charge in [-0.05, 0) is 104 Å². The van der Waals surface area contributed by atoms with Gasteiger partial charge in [0.1, 0.15) is 5.75 Å². The van der Waals surface area contributed by atoms with Crippen LogP contribution in [0.15, 0.2) is 42.5 Å². The van der Waals surface area contributed by atoms with Crippen LogP contribution in [0.5, 0.6) is 5.75 Å². The van der Waals surface area contributed by atoms with E-state index in [-0.39, 0.29) is 18.9 Å². The van der Waals surface area contributed by atoms with E-state index in [1.54, 1.807) is 12.1 Å². The molecular formula is C28H34N2O4S. The van der Waals surface area contributed by atoms with Crippen LogP contribution in [0.4, 0.5) is 11.4 Å². The summed E-state index contributed by atoms with van der Waals surface area (Å²) in [6.07, 6.45) is 8.91. The number of sulfonamides is 1. The number of benzene rings is 2. The number of nitrogens with one attached hydrogen (secondary N) is 1. The van der Waals surface area contributed by atoms with Crippen LogP contribution in [0.3, 0.4) is 0 Å². The van der Waals surface area contributed by atoms with Crippen molar-refractivity contribution in [1.82, 2.24) is 0 Å². The lowest BCUT2D eigenvalue weighted by Gasteiger charge is -2.57. The van der Waals surface area contributed by atoms with E-state index in [2.05, 4.69) is 17.4 Å². The number of ether oxygens (including phenoxy) is 1. The first-order valence-corrected chi connectivity index (χ1v) is 14.7. The van der Waals surface area contributed by atoms with Crippen LogP contribution in [0.25, 0.3) is 0 Å². The molecule has 2 aromatic carbocycles. The second-order valence-corrected chi connectivity index (χ2v) is 13.4. The molecule has 0 spiro atoms. The third-order valence-corrected chi connectivity index (χ3v) is 9.92. The van der Waals surface area contributed by atoms with Crippen molar-refractivity contribution in [2.75, 3.05) is 22.4 Å². The zero-order valence-electron chi connectivity index (χ0n) is 20.5. The number of carbonyl (C=O) groups excluding carboxylic acids is 1. The van der Waals surface area contributed by atoms with Gasteiger partial charge in [0.2, 0.25) is 10.0 Å². The minimum atomic E-state index is -3.49. The van der Waals surface area contributed by atoms with E-state index >= 15 is 0 Å². The summed E-state index contributed by atoms with van der Waals surface area (Å²) in [4.78, 5) is 13.2. The summed E-state index contributed by atoms with van der Waals surface area (Å²) >= 11 is 0. The molecule has 1 atom stereocenters. The van der Waals surface area contributed by atoms with Gasteiger partial charge >= 0.3 is 0 Å². The number of hydrogen-bond acceptors (Lipinski definition) is 4. The predicted octanol–water partition coefficient (Wildman–Crippen LogP) is 5.02. The van der Waals surface area contributed by atoms with Crippen LogP contribution >= 0.6 is 0 Å². The van der Waals surface area contributed by atoms with Crippen LogP contribution in [-0.2, 0) is 20.2 Å². The van der Waals surface area contributed by atoms with Crippen molar-refractivity contribution in [3.05, 3.63) is 53.6 Å². The highest BCUT2D eigenvalue weighted by Gasteiger charge is 2.51. The fraction of sp³-hybridized carbons (Fsp3) is 0.536. The molecule has 4 bridgehead atoms. The SMILES string of the molecule is Cc1ccc2c(c1)N(S(C)(=O)=O)CC[C@H](C(=O)Nc1ccc(C34CC5CC(CC(C5)C3)C4)cc1)O2. The van der Waals surface area contributed by atoms with Gasteiger partial charge < -0.3 is 10.1 Å². The van der Waals surface area contributed by atoms with E-state index in [1.807, 2.05) is 25.1 Å². The summed E-state index contributed by atoms with van der Waals surface area (Å²) in [6, 6.07) is 13.9. The first kappa shape index (κ1) is 22.9. The minimum Gasteiger partial charge on any atom is -0.478 e. The quantitative estimate of drug-likeness (QED) is 0.648. The van der Waals surface area contributed by atoms with E-state index in [9.17, 15) is 13.2 Å². The molecular weight excluding hydrogens is 460 g/mol. The van der Waals surface area contributed by atoms with Gasteiger partial charge in [-0.2, -0.15) is 0 Å². The third-order valence-electron chi connectivity index (χ3n) is 8.74. The van der Waals surface area contributed by atoms with E-state index in [0.29, 0.717) is 16.9 Å². The molecule has 1 aliphatic heterocycles. The Morgan fingerprint density at radius 2 is 1.63 bits per heavy atom. The van der Waals surface area contributed by atoms with Gasteiger partial charge in [-0.25, -0.2) is 8.42 Å². The molecule has 7 rings (SSSR count). The summed E-state index contributed by atoms with van der Waals surface area (Å²) in [5.41, 5.74) is 3.93. The molecule has 2 aromatic rings. The Hall–Kier alpha value is -2.54. The molecule has 1 N–H and O–H groups in total. The van der Waals surface area contributed by atoms with Crippen LogP contribution < -0.4 is 14.4 Å². The maximum absolute atomic E-state index is 13.2. The Bertz CT molecular complexity index is 1220. The topological polar surface area (TPSA) is 75.7 Å². The molecule has 0 aromatic heterocycles. The van der Waals surface area contributed by atoms with Crippen molar-refractivity contribution in [2.24, 2.45) is 17.8 Å². The highest BCUT2D eigenvalue weighted by atomic mass is 32.2. The van der Waals surface area contributed by atoms with Gasteiger partial charge in [0.25, 0.3) is 5.91 Å². The van der Waals surface area contributed by atoms with Gasteiger partial charge in [0.15, 0.2) is 6.10 Å². The highest BCUT2D eigenvalue weighted by molar-refractivity contribution is 7.92. The Morgan fingerprint density at radius 1 is 1.00 bits per heavy atom. The average molecular weight is 495 g/mol. The maximum Gasteiger partial charge on any atom is 0.265 e. The van der Waals surface area contributed by atoms with Crippen LogP contribution in [0, 0.1) is 24.7 Å². The van der Waals surface area contributed by atoms with Crippen molar-refractivity contribution in [3.63, 3.8) is 0 Å². The largest absolute Gasteiger partial charge is 0.478 e. The molecule has 1 amide bonds.